The number of ether oxygens (including phenoxy) is 3. The van der Waals surface area contributed by atoms with Crippen LogP contribution in [0.3, 0.4) is 0 Å². The number of carbonyl (C=O) groups is 1. The van der Waals surface area contributed by atoms with Gasteiger partial charge in [0.2, 0.25) is 5.91 Å². The Morgan fingerprint density at radius 1 is 1.21 bits per heavy atom. The quantitative estimate of drug-likeness (QED) is 0.803. The van der Waals surface area contributed by atoms with Gasteiger partial charge in [-0.25, -0.2) is 0 Å². The molecule has 132 valence electrons. The summed E-state index contributed by atoms with van der Waals surface area (Å²) < 4.78 is 16.2. The van der Waals surface area contributed by atoms with Gasteiger partial charge in [-0.3, -0.25) is 4.79 Å². The summed E-state index contributed by atoms with van der Waals surface area (Å²) in [7, 11) is 3.30. The molecule has 1 saturated carbocycles. The van der Waals surface area contributed by atoms with Gasteiger partial charge in [-0.05, 0) is 31.4 Å². The van der Waals surface area contributed by atoms with Gasteiger partial charge in [-0.15, -0.1) is 0 Å². The standard InChI is InChI=1S/C19H27NO4/c1-22-17-8-7-14(18(11-17)23-2)12-20(16-5-3-4-6-16)19(21)15-9-10-24-13-15/h7-8,11,15-16H,3-6,9-10,12-13H2,1-2H3. The largest absolute Gasteiger partial charge is 0.497 e. The van der Waals surface area contributed by atoms with E-state index >= 15 is 0 Å². The molecule has 0 N–H and O–H groups in total. The van der Waals surface area contributed by atoms with E-state index in [1.807, 2.05) is 18.2 Å². The molecule has 0 radical (unpaired) electrons. The number of hydrogen-bond donors (Lipinski definition) is 0. The second-order valence-corrected chi connectivity index (χ2v) is 6.64. The Balaban J connectivity index is 1.81. The minimum absolute atomic E-state index is 0.00911. The zero-order valence-corrected chi connectivity index (χ0v) is 14.6. The Morgan fingerprint density at radius 3 is 2.62 bits per heavy atom. The number of benzene rings is 1. The molecule has 1 unspecified atom stereocenters. The van der Waals surface area contributed by atoms with Crippen molar-refractivity contribution in [2.24, 2.45) is 5.92 Å². The minimum atomic E-state index is 0.00911. The van der Waals surface area contributed by atoms with E-state index < -0.39 is 0 Å². The summed E-state index contributed by atoms with van der Waals surface area (Å²) in [5, 5.41) is 0. The van der Waals surface area contributed by atoms with E-state index in [0.29, 0.717) is 25.8 Å². The van der Waals surface area contributed by atoms with E-state index in [1.165, 1.54) is 12.8 Å². The van der Waals surface area contributed by atoms with Gasteiger partial charge in [-0.2, -0.15) is 0 Å². The predicted molar refractivity (Wildman–Crippen MR) is 91.3 cm³/mol. The smallest absolute Gasteiger partial charge is 0.228 e. The fourth-order valence-electron chi connectivity index (χ4n) is 3.73. The van der Waals surface area contributed by atoms with Crippen LogP contribution in [-0.2, 0) is 16.1 Å². The zero-order valence-electron chi connectivity index (χ0n) is 14.6. The zero-order chi connectivity index (χ0) is 16.9. The van der Waals surface area contributed by atoms with Crippen LogP contribution in [0.15, 0.2) is 18.2 Å². The molecule has 0 spiro atoms. The molecule has 2 aliphatic rings. The molecule has 1 aliphatic carbocycles. The SMILES string of the molecule is COc1ccc(CN(C(=O)C2CCOC2)C2CCCC2)c(OC)c1. The van der Waals surface area contributed by atoms with Gasteiger partial charge >= 0.3 is 0 Å². The molecule has 1 aliphatic heterocycles. The average Bonchev–Trinajstić information content (AvgIpc) is 3.32. The minimum Gasteiger partial charge on any atom is -0.497 e. The second kappa shape index (κ2) is 7.88. The number of nitrogens with zero attached hydrogens (tertiary/aromatic N) is 1. The molecular formula is C19H27NO4. The summed E-state index contributed by atoms with van der Waals surface area (Å²) in [6, 6.07) is 6.14. The van der Waals surface area contributed by atoms with Gasteiger partial charge in [-0.1, -0.05) is 12.8 Å². The number of hydrogen-bond acceptors (Lipinski definition) is 4. The first kappa shape index (κ1) is 17.1. The Kier molecular flexibility index (Phi) is 5.61. The number of rotatable bonds is 6. The Morgan fingerprint density at radius 2 is 2.00 bits per heavy atom. The molecule has 3 rings (SSSR count). The summed E-state index contributed by atoms with van der Waals surface area (Å²) in [4.78, 5) is 15.1. The van der Waals surface area contributed by atoms with Gasteiger partial charge in [0, 0.05) is 30.8 Å². The maximum Gasteiger partial charge on any atom is 0.228 e. The highest BCUT2D eigenvalue weighted by Gasteiger charge is 2.33. The number of carbonyl (C=O) groups excluding carboxylic acids is 1. The second-order valence-electron chi connectivity index (χ2n) is 6.64. The lowest BCUT2D eigenvalue weighted by Gasteiger charge is -2.31. The van der Waals surface area contributed by atoms with Crippen molar-refractivity contribution in [3.05, 3.63) is 23.8 Å². The Hall–Kier alpha value is -1.75. The molecule has 1 saturated heterocycles. The Bertz CT molecular complexity index is 562. The first-order chi connectivity index (χ1) is 11.7. The van der Waals surface area contributed by atoms with E-state index in [1.54, 1.807) is 14.2 Å². The first-order valence-electron chi connectivity index (χ1n) is 8.82. The van der Waals surface area contributed by atoms with Crippen molar-refractivity contribution in [2.45, 2.75) is 44.7 Å². The third kappa shape index (κ3) is 3.66. The lowest BCUT2D eigenvalue weighted by Crippen LogP contribution is -2.42. The van der Waals surface area contributed by atoms with Crippen molar-refractivity contribution in [3.8, 4) is 11.5 Å². The van der Waals surface area contributed by atoms with E-state index in [0.717, 1.165) is 36.3 Å². The van der Waals surface area contributed by atoms with Crippen molar-refractivity contribution in [1.29, 1.82) is 0 Å². The molecular weight excluding hydrogens is 306 g/mol. The number of methoxy groups -OCH3 is 2. The van der Waals surface area contributed by atoms with Crippen LogP contribution >= 0.6 is 0 Å². The van der Waals surface area contributed by atoms with Crippen molar-refractivity contribution in [1.82, 2.24) is 4.90 Å². The van der Waals surface area contributed by atoms with Crippen LogP contribution < -0.4 is 9.47 Å². The predicted octanol–water partition coefficient (Wildman–Crippen LogP) is 3.01. The third-order valence-electron chi connectivity index (χ3n) is 5.16. The monoisotopic (exact) mass is 333 g/mol. The van der Waals surface area contributed by atoms with Crippen molar-refractivity contribution in [3.63, 3.8) is 0 Å². The molecule has 1 atom stereocenters. The van der Waals surface area contributed by atoms with E-state index in [-0.39, 0.29) is 11.8 Å². The normalized spacial score (nSPS) is 21.0. The summed E-state index contributed by atoms with van der Waals surface area (Å²) in [5.74, 6) is 1.78. The highest BCUT2D eigenvalue weighted by Crippen LogP contribution is 2.31. The van der Waals surface area contributed by atoms with Crippen LogP contribution in [0.2, 0.25) is 0 Å². The molecule has 1 aromatic rings. The van der Waals surface area contributed by atoms with Crippen LogP contribution in [0, 0.1) is 5.92 Å². The average molecular weight is 333 g/mol. The Labute approximate surface area is 143 Å². The highest BCUT2D eigenvalue weighted by atomic mass is 16.5. The molecule has 5 nitrogen and oxygen atoms in total. The summed E-state index contributed by atoms with van der Waals surface area (Å²) in [5.41, 5.74) is 1.03. The summed E-state index contributed by atoms with van der Waals surface area (Å²) in [6.45, 7) is 1.84. The first-order valence-corrected chi connectivity index (χ1v) is 8.82. The molecule has 1 amide bonds. The maximum absolute atomic E-state index is 13.0. The van der Waals surface area contributed by atoms with Crippen molar-refractivity contribution >= 4 is 5.91 Å². The molecule has 0 bridgehead atoms. The van der Waals surface area contributed by atoms with Gasteiger partial charge in [0.15, 0.2) is 0 Å². The van der Waals surface area contributed by atoms with Crippen molar-refractivity contribution in [2.75, 3.05) is 27.4 Å². The van der Waals surface area contributed by atoms with E-state index in [9.17, 15) is 4.79 Å². The lowest BCUT2D eigenvalue weighted by atomic mass is 10.0. The van der Waals surface area contributed by atoms with Crippen LogP contribution in [0.4, 0.5) is 0 Å². The maximum atomic E-state index is 13.0. The molecule has 24 heavy (non-hydrogen) atoms. The van der Waals surface area contributed by atoms with Crippen LogP contribution in [-0.4, -0.2) is 44.3 Å². The van der Waals surface area contributed by atoms with Gasteiger partial charge in [0.05, 0.1) is 26.7 Å². The fraction of sp³-hybridized carbons (Fsp3) is 0.632. The van der Waals surface area contributed by atoms with Crippen molar-refractivity contribution < 1.29 is 19.0 Å². The van der Waals surface area contributed by atoms with Crippen LogP contribution in [0.5, 0.6) is 11.5 Å². The van der Waals surface area contributed by atoms with Crippen LogP contribution in [0.1, 0.15) is 37.7 Å². The topological polar surface area (TPSA) is 48.0 Å². The molecule has 5 heteroatoms. The summed E-state index contributed by atoms with van der Waals surface area (Å²) >= 11 is 0. The molecule has 1 heterocycles. The summed E-state index contributed by atoms with van der Waals surface area (Å²) in [6.07, 6.45) is 5.43. The van der Waals surface area contributed by atoms with E-state index in [2.05, 4.69) is 4.90 Å². The third-order valence-corrected chi connectivity index (χ3v) is 5.16. The van der Waals surface area contributed by atoms with Gasteiger partial charge in [0.25, 0.3) is 0 Å². The molecule has 1 aromatic carbocycles. The van der Waals surface area contributed by atoms with Gasteiger partial charge < -0.3 is 19.1 Å². The molecule has 0 aromatic heterocycles. The molecule has 2 fully saturated rings. The fourth-order valence-corrected chi connectivity index (χ4v) is 3.73. The lowest BCUT2D eigenvalue weighted by molar-refractivity contribution is -0.138. The van der Waals surface area contributed by atoms with E-state index in [4.69, 9.17) is 14.2 Å². The highest BCUT2D eigenvalue weighted by molar-refractivity contribution is 5.79. The van der Waals surface area contributed by atoms with Crippen LogP contribution in [0.25, 0.3) is 0 Å². The number of amides is 1. The van der Waals surface area contributed by atoms with Gasteiger partial charge in [0.1, 0.15) is 11.5 Å².